The second-order valence-corrected chi connectivity index (χ2v) is 5.99. The molecule has 1 heterocycles. The van der Waals surface area contributed by atoms with E-state index in [2.05, 4.69) is 6.08 Å². The number of para-hydroxylation sites is 1. The monoisotopic (exact) mass is 280 g/mol. The standard InChI is InChI=1S/C18H16O3/c19-15-7-8-16(20)18-13(15)6-5-12-10-21-17-4-2-1-3-11(17)9-14(12)18/h1-5,7-8,13-14,18H,6,9-10H2/t13-,14-,18+/m1/s1. The predicted molar refractivity (Wildman–Crippen MR) is 78.0 cm³/mol. The molecule has 0 radical (unpaired) electrons. The van der Waals surface area contributed by atoms with Crippen LogP contribution in [0.15, 0.2) is 48.1 Å². The van der Waals surface area contributed by atoms with Gasteiger partial charge >= 0.3 is 0 Å². The quantitative estimate of drug-likeness (QED) is 0.686. The Labute approximate surface area is 123 Å². The van der Waals surface area contributed by atoms with Crippen LogP contribution in [-0.4, -0.2) is 18.2 Å². The van der Waals surface area contributed by atoms with Crippen molar-refractivity contribution in [1.82, 2.24) is 0 Å². The van der Waals surface area contributed by atoms with Crippen LogP contribution in [0, 0.1) is 17.8 Å². The van der Waals surface area contributed by atoms with Crippen molar-refractivity contribution in [3.05, 3.63) is 53.6 Å². The Morgan fingerprint density at radius 3 is 2.71 bits per heavy atom. The zero-order valence-electron chi connectivity index (χ0n) is 11.6. The van der Waals surface area contributed by atoms with Gasteiger partial charge in [0.1, 0.15) is 12.4 Å². The van der Waals surface area contributed by atoms with Gasteiger partial charge < -0.3 is 4.74 Å². The summed E-state index contributed by atoms with van der Waals surface area (Å²) in [6.07, 6.45) is 6.46. The van der Waals surface area contributed by atoms with Gasteiger partial charge in [0, 0.05) is 11.8 Å². The summed E-state index contributed by atoms with van der Waals surface area (Å²) in [7, 11) is 0. The molecular formula is C18H16O3. The number of benzene rings is 1. The van der Waals surface area contributed by atoms with Crippen molar-refractivity contribution in [2.24, 2.45) is 17.8 Å². The van der Waals surface area contributed by atoms with Gasteiger partial charge in [-0.15, -0.1) is 0 Å². The first-order chi connectivity index (χ1) is 10.2. The molecule has 2 aliphatic carbocycles. The largest absolute Gasteiger partial charge is 0.489 e. The third-order valence-corrected chi connectivity index (χ3v) is 4.89. The highest BCUT2D eigenvalue weighted by atomic mass is 16.5. The van der Waals surface area contributed by atoms with Crippen molar-refractivity contribution in [2.75, 3.05) is 6.61 Å². The molecule has 0 saturated carbocycles. The van der Waals surface area contributed by atoms with Gasteiger partial charge in [-0.1, -0.05) is 24.3 Å². The second kappa shape index (κ2) is 4.69. The summed E-state index contributed by atoms with van der Waals surface area (Å²) >= 11 is 0. The van der Waals surface area contributed by atoms with E-state index in [1.807, 2.05) is 24.3 Å². The minimum atomic E-state index is -0.211. The van der Waals surface area contributed by atoms with Crippen LogP contribution in [0.1, 0.15) is 12.0 Å². The SMILES string of the molecule is O=C1C=CC(=O)[C@H]2CC=C3COc4ccccc4C[C@H]3[C@@H]12. The van der Waals surface area contributed by atoms with E-state index < -0.39 is 0 Å². The number of carbonyl (C=O) groups excluding carboxylic acids is 2. The predicted octanol–water partition coefficient (Wildman–Crippen LogP) is 2.51. The van der Waals surface area contributed by atoms with Crippen LogP contribution in [0.4, 0.5) is 0 Å². The fraction of sp³-hybridized carbons (Fsp3) is 0.333. The average Bonchev–Trinajstić information content (AvgIpc) is 2.69. The zero-order chi connectivity index (χ0) is 14.4. The Morgan fingerprint density at radius 1 is 1.00 bits per heavy atom. The summed E-state index contributed by atoms with van der Waals surface area (Å²) in [5.74, 6) is 0.782. The summed E-state index contributed by atoms with van der Waals surface area (Å²) in [6.45, 7) is 0.524. The second-order valence-electron chi connectivity index (χ2n) is 5.99. The molecule has 0 unspecified atom stereocenters. The molecule has 4 rings (SSSR count). The number of hydrogen-bond donors (Lipinski definition) is 0. The first-order valence-corrected chi connectivity index (χ1v) is 7.39. The molecular weight excluding hydrogens is 264 g/mol. The molecule has 3 heteroatoms. The van der Waals surface area contributed by atoms with E-state index in [-0.39, 0.29) is 29.3 Å². The third kappa shape index (κ3) is 1.96. The maximum absolute atomic E-state index is 12.3. The first kappa shape index (κ1) is 12.6. The Bertz CT molecular complexity index is 683. The molecule has 1 aliphatic heterocycles. The Morgan fingerprint density at radius 2 is 1.81 bits per heavy atom. The van der Waals surface area contributed by atoms with Gasteiger partial charge in [-0.2, -0.15) is 0 Å². The fourth-order valence-electron chi connectivity index (χ4n) is 3.81. The zero-order valence-corrected chi connectivity index (χ0v) is 11.6. The Balaban J connectivity index is 1.77. The van der Waals surface area contributed by atoms with Gasteiger partial charge in [0.05, 0.1) is 0 Å². The van der Waals surface area contributed by atoms with Crippen LogP contribution in [0.25, 0.3) is 0 Å². The smallest absolute Gasteiger partial charge is 0.160 e. The molecule has 0 aromatic heterocycles. The highest BCUT2D eigenvalue weighted by Crippen LogP contribution is 2.43. The van der Waals surface area contributed by atoms with Gasteiger partial charge in [-0.25, -0.2) is 0 Å². The number of ketones is 2. The van der Waals surface area contributed by atoms with Crippen molar-refractivity contribution >= 4 is 11.6 Å². The molecule has 0 amide bonds. The number of allylic oxidation sites excluding steroid dienone is 3. The summed E-state index contributed by atoms with van der Waals surface area (Å²) < 4.78 is 5.88. The number of ether oxygens (including phenoxy) is 1. The third-order valence-electron chi connectivity index (χ3n) is 4.89. The van der Waals surface area contributed by atoms with E-state index in [1.54, 1.807) is 0 Å². The van der Waals surface area contributed by atoms with E-state index in [4.69, 9.17) is 4.74 Å². The molecule has 0 N–H and O–H groups in total. The molecule has 1 aromatic carbocycles. The summed E-state index contributed by atoms with van der Waals surface area (Å²) in [4.78, 5) is 24.4. The average molecular weight is 280 g/mol. The van der Waals surface area contributed by atoms with Crippen LogP contribution in [0.5, 0.6) is 5.75 Å². The minimum absolute atomic E-state index is 0.0911. The van der Waals surface area contributed by atoms with Crippen LogP contribution in [-0.2, 0) is 16.0 Å². The van der Waals surface area contributed by atoms with Gasteiger partial charge in [-0.05, 0) is 48.1 Å². The van der Waals surface area contributed by atoms with Gasteiger partial charge in [-0.3, -0.25) is 9.59 Å². The van der Waals surface area contributed by atoms with Crippen LogP contribution >= 0.6 is 0 Å². The van der Waals surface area contributed by atoms with Crippen LogP contribution < -0.4 is 4.74 Å². The molecule has 21 heavy (non-hydrogen) atoms. The molecule has 3 nitrogen and oxygen atoms in total. The summed E-state index contributed by atoms with van der Waals surface area (Å²) in [5, 5.41) is 0. The van der Waals surface area contributed by atoms with Crippen molar-refractivity contribution < 1.29 is 14.3 Å². The Hall–Kier alpha value is -2.16. The highest BCUT2D eigenvalue weighted by molar-refractivity contribution is 6.07. The lowest BCUT2D eigenvalue weighted by Gasteiger charge is -2.36. The highest BCUT2D eigenvalue weighted by Gasteiger charge is 2.44. The minimum Gasteiger partial charge on any atom is -0.489 e. The van der Waals surface area contributed by atoms with E-state index >= 15 is 0 Å². The van der Waals surface area contributed by atoms with Crippen molar-refractivity contribution in [2.45, 2.75) is 12.8 Å². The number of rotatable bonds is 0. The maximum atomic E-state index is 12.3. The van der Waals surface area contributed by atoms with Crippen molar-refractivity contribution in [1.29, 1.82) is 0 Å². The van der Waals surface area contributed by atoms with Crippen LogP contribution in [0.2, 0.25) is 0 Å². The van der Waals surface area contributed by atoms with Crippen LogP contribution in [0.3, 0.4) is 0 Å². The van der Waals surface area contributed by atoms with Gasteiger partial charge in [0.25, 0.3) is 0 Å². The fourth-order valence-corrected chi connectivity index (χ4v) is 3.81. The summed E-state index contributed by atoms with van der Waals surface area (Å²) in [5.41, 5.74) is 2.30. The number of hydrogen-bond acceptors (Lipinski definition) is 3. The van der Waals surface area contributed by atoms with E-state index in [0.717, 1.165) is 17.7 Å². The lowest BCUT2D eigenvalue weighted by Crippen LogP contribution is -2.41. The van der Waals surface area contributed by atoms with E-state index in [9.17, 15) is 9.59 Å². The van der Waals surface area contributed by atoms with E-state index in [1.165, 1.54) is 17.7 Å². The number of carbonyl (C=O) groups is 2. The van der Waals surface area contributed by atoms with E-state index in [0.29, 0.717) is 13.0 Å². The Kier molecular flexibility index (Phi) is 2.81. The normalized spacial score (nSPS) is 30.5. The first-order valence-electron chi connectivity index (χ1n) is 7.39. The topological polar surface area (TPSA) is 43.4 Å². The molecule has 0 fully saturated rings. The molecule has 0 bridgehead atoms. The molecule has 0 saturated heterocycles. The molecule has 0 spiro atoms. The summed E-state index contributed by atoms with van der Waals surface area (Å²) in [6, 6.07) is 7.97. The molecule has 1 aromatic rings. The number of fused-ring (bicyclic) bond motifs is 4. The maximum Gasteiger partial charge on any atom is 0.160 e. The van der Waals surface area contributed by atoms with Crippen molar-refractivity contribution in [3.63, 3.8) is 0 Å². The van der Waals surface area contributed by atoms with Gasteiger partial charge in [0.15, 0.2) is 11.6 Å². The lowest BCUT2D eigenvalue weighted by atomic mass is 9.65. The van der Waals surface area contributed by atoms with Gasteiger partial charge in [0.2, 0.25) is 0 Å². The molecule has 106 valence electrons. The van der Waals surface area contributed by atoms with Crippen molar-refractivity contribution in [3.8, 4) is 5.75 Å². The molecule has 3 atom stereocenters. The molecule has 3 aliphatic rings. The lowest BCUT2D eigenvalue weighted by molar-refractivity contribution is -0.130.